The Hall–Kier alpha value is -2.61. The van der Waals surface area contributed by atoms with Crippen LogP contribution in [-0.4, -0.2) is 39.8 Å². The molecule has 0 aliphatic rings. The summed E-state index contributed by atoms with van der Waals surface area (Å²) in [5.41, 5.74) is 0.941. The molecule has 1 unspecified atom stereocenters. The van der Waals surface area contributed by atoms with Gasteiger partial charge in [-0.25, -0.2) is 12.8 Å². The molecule has 0 aliphatic carbocycles. The van der Waals surface area contributed by atoms with Crippen molar-refractivity contribution < 1.29 is 22.3 Å². The fourth-order valence-electron chi connectivity index (χ4n) is 2.38. The molecule has 0 saturated heterocycles. The molecule has 0 radical (unpaired) electrons. The molecule has 0 aromatic heterocycles. The number of hydrogen-bond acceptors (Lipinski definition) is 4. The minimum atomic E-state index is -3.83. The first-order valence-corrected chi connectivity index (χ1v) is 10.2. The second-order valence-electron chi connectivity index (χ2n) is 6.31. The number of nitrogens with one attached hydrogen (secondary N) is 1. The van der Waals surface area contributed by atoms with E-state index in [0.29, 0.717) is 5.75 Å². The normalized spacial score (nSPS) is 12.3. The van der Waals surface area contributed by atoms with Crippen molar-refractivity contribution in [3.8, 4) is 5.75 Å². The van der Waals surface area contributed by atoms with E-state index in [4.69, 9.17) is 4.74 Å². The number of halogens is 1. The van der Waals surface area contributed by atoms with Crippen LogP contribution in [0.1, 0.15) is 12.5 Å². The van der Waals surface area contributed by atoms with Crippen molar-refractivity contribution in [3.05, 3.63) is 59.9 Å². The van der Waals surface area contributed by atoms with Gasteiger partial charge in [-0.1, -0.05) is 29.8 Å². The topological polar surface area (TPSA) is 75.7 Å². The largest absolute Gasteiger partial charge is 0.491 e. The highest BCUT2D eigenvalue weighted by Gasteiger charge is 2.24. The Balaban J connectivity index is 1.97. The van der Waals surface area contributed by atoms with Crippen LogP contribution in [-0.2, 0) is 14.8 Å². The molecular formula is C19H23FN2O4S. The lowest BCUT2D eigenvalue weighted by atomic mass is 10.2. The minimum Gasteiger partial charge on any atom is -0.491 e. The van der Waals surface area contributed by atoms with Gasteiger partial charge in [0.2, 0.25) is 15.9 Å². The van der Waals surface area contributed by atoms with Gasteiger partial charge in [0.15, 0.2) is 0 Å². The number of rotatable bonds is 8. The Morgan fingerprint density at radius 2 is 1.81 bits per heavy atom. The maximum Gasteiger partial charge on any atom is 0.241 e. The van der Waals surface area contributed by atoms with Crippen LogP contribution < -0.4 is 14.4 Å². The third kappa shape index (κ3) is 6.25. The zero-order valence-corrected chi connectivity index (χ0v) is 16.3. The first-order chi connectivity index (χ1) is 12.7. The molecular weight excluding hydrogens is 371 g/mol. The Labute approximate surface area is 159 Å². The molecule has 8 heteroatoms. The number of ether oxygens (including phenoxy) is 1. The summed E-state index contributed by atoms with van der Waals surface area (Å²) < 4.78 is 44.3. The molecule has 0 fully saturated rings. The Morgan fingerprint density at radius 3 is 2.41 bits per heavy atom. The van der Waals surface area contributed by atoms with Gasteiger partial charge in [0, 0.05) is 0 Å². The minimum absolute atomic E-state index is 0.168. The highest BCUT2D eigenvalue weighted by atomic mass is 32.2. The van der Waals surface area contributed by atoms with Gasteiger partial charge in [-0.15, -0.1) is 0 Å². The Bertz CT molecular complexity index is 885. The lowest BCUT2D eigenvalue weighted by Gasteiger charge is -2.23. The van der Waals surface area contributed by atoms with Crippen LogP contribution in [0.15, 0.2) is 48.5 Å². The number of benzene rings is 2. The van der Waals surface area contributed by atoms with Crippen LogP contribution in [0.25, 0.3) is 0 Å². The second-order valence-corrected chi connectivity index (χ2v) is 8.22. The fourth-order valence-corrected chi connectivity index (χ4v) is 3.24. The second kappa shape index (κ2) is 8.85. The van der Waals surface area contributed by atoms with E-state index in [1.165, 1.54) is 18.2 Å². The molecule has 0 bridgehead atoms. The molecule has 2 rings (SSSR count). The van der Waals surface area contributed by atoms with Crippen molar-refractivity contribution >= 4 is 21.6 Å². The molecule has 1 N–H and O–H groups in total. The summed E-state index contributed by atoms with van der Waals surface area (Å²) in [6.45, 7) is 3.40. The van der Waals surface area contributed by atoms with Crippen molar-refractivity contribution in [3.63, 3.8) is 0 Å². The summed E-state index contributed by atoms with van der Waals surface area (Å²) in [6.07, 6.45) is 0.927. The maximum absolute atomic E-state index is 14.0. The number of carbonyl (C=O) groups excluding carboxylic acids is 1. The SMILES string of the molecule is Cc1ccc(OCC(C)NC(=O)CN(c2ccccc2F)S(C)(=O)=O)cc1. The van der Waals surface area contributed by atoms with Crippen LogP contribution in [0.2, 0.25) is 0 Å². The number of aryl methyl sites for hydroxylation is 1. The van der Waals surface area contributed by atoms with E-state index >= 15 is 0 Å². The van der Waals surface area contributed by atoms with E-state index in [-0.39, 0.29) is 18.3 Å². The number of carbonyl (C=O) groups is 1. The molecule has 2 aromatic rings. The molecule has 0 heterocycles. The Kier molecular flexibility index (Phi) is 6.79. The first kappa shape index (κ1) is 20.7. The molecule has 2 aromatic carbocycles. The van der Waals surface area contributed by atoms with E-state index in [2.05, 4.69) is 5.32 Å². The molecule has 1 amide bonds. The van der Waals surface area contributed by atoms with Crippen LogP contribution in [0, 0.1) is 12.7 Å². The molecule has 27 heavy (non-hydrogen) atoms. The molecule has 1 atom stereocenters. The van der Waals surface area contributed by atoms with Crippen molar-refractivity contribution in [1.82, 2.24) is 5.32 Å². The average molecular weight is 394 g/mol. The zero-order valence-electron chi connectivity index (χ0n) is 15.5. The number of anilines is 1. The van der Waals surface area contributed by atoms with E-state index in [0.717, 1.165) is 22.2 Å². The van der Waals surface area contributed by atoms with E-state index < -0.39 is 28.3 Å². The van der Waals surface area contributed by atoms with E-state index in [9.17, 15) is 17.6 Å². The monoisotopic (exact) mass is 394 g/mol. The van der Waals surface area contributed by atoms with Crippen molar-refractivity contribution in [2.45, 2.75) is 19.9 Å². The van der Waals surface area contributed by atoms with Crippen LogP contribution in [0.3, 0.4) is 0 Å². The average Bonchev–Trinajstić information content (AvgIpc) is 2.59. The van der Waals surface area contributed by atoms with Gasteiger partial charge < -0.3 is 10.1 Å². The molecule has 146 valence electrons. The van der Waals surface area contributed by atoms with E-state index in [1.807, 2.05) is 31.2 Å². The smallest absolute Gasteiger partial charge is 0.241 e. The fraction of sp³-hybridized carbons (Fsp3) is 0.316. The van der Waals surface area contributed by atoms with Gasteiger partial charge in [-0.05, 0) is 38.1 Å². The van der Waals surface area contributed by atoms with Gasteiger partial charge in [0.25, 0.3) is 0 Å². The van der Waals surface area contributed by atoms with Crippen LogP contribution in [0.5, 0.6) is 5.75 Å². The maximum atomic E-state index is 14.0. The van der Waals surface area contributed by atoms with Gasteiger partial charge in [0.1, 0.15) is 24.7 Å². The summed E-state index contributed by atoms with van der Waals surface area (Å²) in [5, 5.41) is 2.66. The molecule has 0 spiro atoms. The Morgan fingerprint density at radius 1 is 1.19 bits per heavy atom. The summed E-state index contributed by atoms with van der Waals surface area (Å²) in [6, 6.07) is 12.5. The highest BCUT2D eigenvalue weighted by molar-refractivity contribution is 7.92. The molecule has 0 saturated carbocycles. The van der Waals surface area contributed by atoms with Crippen LogP contribution in [0.4, 0.5) is 10.1 Å². The van der Waals surface area contributed by atoms with Crippen molar-refractivity contribution in [1.29, 1.82) is 0 Å². The van der Waals surface area contributed by atoms with Crippen molar-refractivity contribution in [2.24, 2.45) is 0 Å². The van der Waals surface area contributed by atoms with E-state index in [1.54, 1.807) is 6.92 Å². The van der Waals surface area contributed by atoms with Crippen LogP contribution >= 0.6 is 0 Å². The quantitative estimate of drug-likeness (QED) is 0.746. The third-order valence-corrected chi connectivity index (χ3v) is 4.86. The number of para-hydroxylation sites is 1. The standard InChI is InChI=1S/C19H23FN2O4S/c1-14-8-10-16(11-9-14)26-13-15(2)21-19(23)12-22(27(3,24)25)18-7-5-4-6-17(18)20/h4-11,15H,12-13H2,1-3H3,(H,21,23). The number of amides is 1. The number of sulfonamides is 1. The highest BCUT2D eigenvalue weighted by Crippen LogP contribution is 2.21. The van der Waals surface area contributed by atoms with Gasteiger partial charge in [-0.2, -0.15) is 0 Å². The lowest BCUT2D eigenvalue weighted by molar-refractivity contribution is -0.120. The molecule has 6 nitrogen and oxygen atoms in total. The summed E-state index contributed by atoms with van der Waals surface area (Å²) in [7, 11) is -3.83. The first-order valence-electron chi connectivity index (χ1n) is 8.38. The predicted octanol–water partition coefficient (Wildman–Crippen LogP) is 2.48. The van der Waals surface area contributed by atoms with Gasteiger partial charge in [-0.3, -0.25) is 9.10 Å². The van der Waals surface area contributed by atoms with Gasteiger partial charge in [0.05, 0.1) is 18.0 Å². The zero-order chi connectivity index (χ0) is 20.0. The van der Waals surface area contributed by atoms with Gasteiger partial charge >= 0.3 is 0 Å². The predicted molar refractivity (Wildman–Crippen MR) is 103 cm³/mol. The number of nitrogens with zero attached hydrogens (tertiary/aromatic N) is 1. The summed E-state index contributed by atoms with van der Waals surface area (Å²) >= 11 is 0. The number of hydrogen-bond donors (Lipinski definition) is 1. The third-order valence-electron chi connectivity index (χ3n) is 3.74. The van der Waals surface area contributed by atoms with Crippen molar-refractivity contribution in [2.75, 3.05) is 23.7 Å². The summed E-state index contributed by atoms with van der Waals surface area (Å²) in [5.74, 6) is -0.596. The molecule has 0 aliphatic heterocycles. The lowest BCUT2D eigenvalue weighted by Crippen LogP contribution is -2.45. The summed E-state index contributed by atoms with van der Waals surface area (Å²) in [4.78, 5) is 12.3.